The van der Waals surface area contributed by atoms with E-state index in [4.69, 9.17) is 5.73 Å². The first-order valence-electron chi connectivity index (χ1n) is 7.39. The monoisotopic (exact) mass is 258 g/mol. The molecule has 1 aliphatic carbocycles. The first-order chi connectivity index (χ1) is 9.23. The molecule has 1 aliphatic rings. The number of hydrogen-bond donors (Lipinski definition) is 2. The van der Waals surface area contributed by atoms with Crippen LogP contribution in [0.25, 0.3) is 0 Å². The Morgan fingerprint density at radius 3 is 2.95 bits per heavy atom. The second kappa shape index (κ2) is 6.36. The number of allylic oxidation sites excluding steroid dienone is 1. The van der Waals surface area contributed by atoms with Crippen LogP contribution in [0, 0.1) is 0 Å². The third-order valence-electron chi connectivity index (χ3n) is 4.37. The zero-order valence-corrected chi connectivity index (χ0v) is 12.2. The van der Waals surface area contributed by atoms with Crippen molar-refractivity contribution in [2.75, 3.05) is 13.1 Å². The fourth-order valence-corrected chi connectivity index (χ4v) is 3.14. The zero-order chi connectivity index (χ0) is 13.7. The summed E-state index contributed by atoms with van der Waals surface area (Å²) in [6.07, 6.45) is 7.72. The van der Waals surface area contributed by atoms with Gasteiger partial charge in [-0.05, 0) is 49.8 Å². The van der Waals surface area contributed by atoms with E-state index in [0.29, 0.717) is 12.5 Å². The summed E-state index contributed by atoms with van der Waals surface area (Å²) >= 11 is 0. The van der Waals surface area contributed by atoms with E-state index in [1.165, 1.54) is 17.5 Å². The fourth-order valence-electron chi connectivity index (χ4n) is 3.14. The van der Waals surface area contributed by atoms with Crippen LogP contribution in [0.1, 0.15) is 50.2 Å². The van der Waals surface area contributed by atoms with Crippen LogP contribution in [0.5, 0.6) is 0 Å². The van der Waals surface area contributed by atoms with Gasteiger partial charge in [0, 0.05) is 6.54 Å². The second-order valence-corrected chi connectivity index (χ2v) is 5.60. The highest BCUT2D eigenvalue weighted by atomic mass is 15.0. The quantitative estimate of drug-likeness (QED) is 0.628. The van der Waals surface area contributed by atoms with Gasteiger partial charge in [0.2, 0.25) is 0 Å². The molecule has 0 radical (unpaired) electrons. The van der Waals surface area contributed by atoms with Gasteiger partial charge in [0.25, 0.3) is 0 Å². The Bertz CT molecular complexity index is 439. The van der Waals surface area contributed by atoms with E-state index in [1.807, 2.05) is 0 Å². The maximum absolute atomic E-state index is 6.13. The van der Waals surface area contributed by atoms with Gasteiger partial charge in [-0.3, -0.25) is 0 Å². The number of nitrogens with one attached hydrogen (secondary N) is 1. The number of hydrogen-bond acceptors (Lipinski definition) is 2. The van der Waals surface area contributed by atoms with Crippen molar-refractivity contribution in [1.82, 2.24) is 5.32 Å². The van der Waals surface area contributed by atoms with Gasteiger partial charge in [-0.15, -0.1) is 0 Å². The van der Waals surface area contributed by atoms with Crippen LogP contribution < -0.4 is 11.1 Å². The van der Waals surface area contributed by atoms with Crippen molar-refractivity contribution in [3.05, 3.63) is 47.5 Å². The summed E-state index contributed by atoms with van der Waals surface area (Å²) in [6.45, 7) is 6.05. The van der Waals surface area contributed by atoms with E-state index in [0.717, 1.165) is 19.4 Å². The molecule has 2 nitrogen and oxygen atoms in total. The molecule has 0 amide bonds. The molecule has 0 fully saturated rings. The van der Waals surface area contributed by atoms with E-state index < -0.39 is 0 Å². The molecule has 2 unspecified atom stereocenters. The molecule has 0 spiro atoms. The summed E-state index contributed by atoms with van der Waals surface area (Å²) in [5.41, 5.74) is 8.99. The van der Waals surface area contributed by atoms with Gasteiger partial charge in [0.05, 0.1) is 5.54 Å². The minimum atomic E-state index is -0.0231. The molecule has 0 aromatic heterocycles. The van der Waals surface area contributed by atoms with Gasteiger partial charge in [-0.1, -0.05) is 43.3 Å². The first kappa shape index (κ1) is 14.3. The highest BCUT2D eigenvalue weighted by Crippen LogP contribution is 2.40. The molecule has 0 heterocycles. The normalized spacial score (nSPS) is 26.6. The van der Waals surface area contributed by atoms with Gasteiger partial charge in [0.1, 0.15) is 0 Å². The standard InChI is InChI=1S/C17H26N2/c1-3-4-7-12-19-17(13-18)11-10-14(2)15-8-5-6-9-16(15)17/h3-6,8-9,14,19H,7,10-13,18H2,1-2H3/b4-3+. The molecule has 0 aliphatic heterocycles. The summed E-state index contributed by atoms with van der Waals surface area (Å²) < 4.78 is 0. The number of nitrogens with two attached hydrogens (primary N) is 1. The SMILES string of the molecule is C/C=C/CCNC1(CN)CCC(C)c2ccccc21. The van der Waals surface area contributed by atoms with E-state index in [2.05, 4.69) is 55.6 Å². The van der Waals surface area contributed by atoms with Crippen LogP contribution in [0.15, 0.2) is 36.4 Å². The Morgan fingerprint density at radius 2 is 2.21 bits per heavy atom. The number of rotatable bonds is 5. The predicted octanol–water partition coefficient (Wildman–Crippen LogP) is 3.29. The largest absolute Gasteiger partial charge is 0.328 e. The fraction of sp³-hybridized carbons (Fsp3) is 0.529. The Morgan fingerprint density at radius 1 is 1.42 bits per heavy atom. The van der Waals surface area contributed by atoms with Crippen LogP contribution in [0.3, 0.4) is 0 Å². The summed E-state index contributed by atoms with van der Waals surface area (Å²) in [5, 5.41) is 3.72. The minimum Gasteiger partial charge on any atom is -0.328 e. The van der Waals surface area contributed by atoms with Gasteiger partial charge >= 0.3 is 0 Å². The molecule has 104 valence electrons. The molecular formula is C17H26N2. The number of benzene rings is 1. The molecule has 1 aromatic carbocycles. The van der Waals surface area contributed by atoms with E-state index >= 15 is 0 Å². The summed E-state index contributed by atoms with van der Waals surface area (Å²) in [6, 6.07) is 8.79. The maximum atomic E-state index is 6.13. The van der Waals surface area contributed by atoms with Crippen molar-refractivity contribution in [2.24, 2.45) is 5.73 Å². The zero-order valence-electron chi connectivity index (χ0n) is 12.2. The Balaban J connectivity index is 2.23. The lowest BCUT2D eigenvalue weighted by Crippen LogP contribution is -2.51. The molecule has 2 heteroatoms. The molecule has 0 bridgehead atoms. The highest BCUT2D eigenvalue weighted by Gasteiger charge is 2.36. The van der Waals surface area contributed by atoms with E-state index in [1.54, 1.807) is 0 Å². The third kappa shape index (κ3) is 2.90. The van der Waals surface area contributed by atoms with Crippen molar-refractivity contribution < 1.29 is 0 Å². The summed E-state index contributed by atoms with van der Waals surface area (Å²) in [5.74, 6) is 0.646. The minimum absolute atomic E-state index is 0.0231. The lowest BCUT2D eigenvalue weighted by Gasteiger charge is -2.41. The molecule has 3 N–H and O–H groups in total. The Kier molecular flexibility index (Phi) is 4.78. The lowest BCUT2D eigenvalue weighted by atomic mass is 9.72. The van der Waals surface area contributed by atoms with Crippen molar-refractivity contribution in [2.45, 2.75) is 44.6 Å². The summed E-state index contributed by atoms with van der Waals surface area (Å²) in [4.78, 5) is 0. The molecule has 19 heavy (non-hydrogen) atoms. The Hall–Kier alpha value is -1.12. The van der Waals surface area contributed by atoms with Crippen molar-refractivity contribution in [1.29, 1.82) is 0 Å². The molecule has 0 saturated carbocycles. The van der Waals surface area contributed by atoms with Gasteiger partial charge < -0.3 is 11.1 Å². The molecule has 2 atom stereocenters. The molecule has 1 aromatic rings. The smallest absolute Gasteiger partial charge is 0.0561 e. The number of fused-ring (bicyclic) bond motifs is 1. The first-order valence-corrected chi connectivity index (χ1v) is 7.39. The van der Waals surface area contributed by atoms with Crippen LogP contribution in [-0.4, -0.2) is 13.1 Å². The highest BCUT2D eigenvalue weighted by molar-refractivity contribution is 5.39. The Labute approximate surface area is 117 Å². The van der Waals surface area contributed by atoms with Gasteiger partial charge in [0.15, 0.2) is 0 Å². The average Bonchev–Trinajstić information content (AvgIpc) is 2.46. The average molecular weight is 258 g/mol. The van der Waals surface area contributed by atoms with Gasteiger partial charge in [-0.2, -0.15) is 0 Å². The van der Waals surface area contributed by atoms with Crippen molar-refractivity contribution >= 4 is 0 Å². The third-order valence-corrected chi connectivity index (χ3v) is 4.37. The van der Waals surface area contributed by atoms with Gasteiger partial charge in [-0.25, -0.2) is 0 Å². The van der Waals surface area contributed by atoms with Crippen LogP contribution in [0.4, 0.5) is 0 Å². The second-order valence-electron chi connectivity index (χ2n) is 5.60. The van der Waals surface area contributed by atoms with Crippen LogP contribution in [-0.2, 0) is 5.54 Å². The molecule has 0 saturated heterocycles. The summed E-state index contributed by atoms with van der Waals surface area (Å²) in [7, 11) is 0. The predicted molar refractivity (Wildman–Crippen MR) is 82.3 cm³/mol. The van der Waals surface area contributed by atoms with Crippen molar-refractivity contribution in [3.63, 3.8) is 0 Å². The molecule has 2 rings (SSSR count). The maximum Gasteiger partial charge on any atom is 0.0561 e. The topological polar surface area (TPSA) is 38.0 Å². The lowest BCUT2D eigenvalue weighted by molar-refractivity contribution is 0.282. The van der Waals surface area contributed by atoms with Crippen LogP contribution >= 0.6 is 0 Å². The van der Waals surface area contributed by atoms with E-state index in [-0.39, 0.29) is 5.54 Å². The molecular weight excluding hydrogens is 232 g/mol. The van der Waals surface area contributed by atoms with Crippen molar-refractivity contribution in [3.8, 4) is 0 Å². The van der Waals surface area contributed by atoms with Crippen LogP contribution in [0.2, 0.25) is 0 Å². The van der Waals surface area contributed by atoms with E-state index in [9.17, 15) is 0 Å².